The maximum absolute atomic E-state index is 12.1. The van der Waals surface area contributed by atoms with Gasteiger partial charge in [-0.25, -0.2) is 4.99 Å². The van der Waals surface area contributed by atoms with E-state index in [2.05, 4.69) is 25.8 Å². The van der Waals surface area contributed by atoms with Crippen molar-refractivity contribution in [2.24, 2.45) is 22.2 Å². The molecule has 0 radical (unpaired) electrons. The molecule has 0 aromatic rings. The van der Waals surface area contributed by atoms with Gasteiger partial charge in [-0.2, -0.15) is 0 Å². The molecule has 0 aromatic carbocycles. The third kappa shape index (κ3) is 1.86. The third-order valence-corrected chi connectivity index (χ3v) is 7.04. The molecule has 1 aliphatic heterocycles. The highest BCUT2D eigenvalue weighted by atomic mass is 32.2. The van der Waals surface area contributed by atoms with Crippen LogP contribution in [0.25, 0.3) is 0 Å². The minimum absolute atomic E-state index is 0.0986. The van der Waals surface area contributed by atoms with E-state index in [1.807, 2.05) is 0 Å². The van der Waals surface area contributed by atoms with Crippen molar-refractivity contribution in [3.8, 4) is 0 Å². The lowest BCUT2D eigenvalue weighted by Gasteiger charge is -2.28. The molecule has 0 saturated heterocycles. The van der Waals surface area contributed by atoms with Crippen LogP contribution in [-0.2, 0) is 4.79 Å². The number of thioether (sulfide) groups is 1. The zero-order chi connectivity index (χ0) is 13.0. The largest absolute Gasteiger partial charge is 0.271 e. The Kier molecular flexibility index (Phi) is 2.89. The molecule has 100 valence electrons. The number of hydrogen-bond acceptors (Lipinski definition) is 2. The molecule has 3 rings (SSSR count). The topological polar surface area (TPSA) is 29.4 Å². The Hall–Kier alpha value is -0.310. The summed E-state index contributed by atoms with van der Waals surface area (Å²) in [6, 6.07) is 0. The number of fused-ring (bicyclic) bond motifs is 2. The van der Waals surface area contributed by atoms with Crippen molar-refractivity contribution in [2.45, 2.75) is 64.0 Å². The highest BCUT2D eigenvalue weighted by Gasteiger charge is 2.49. The smallest absolute Gasteiger partial charge is 0.263 e. The maximum atomic E-state index is 12.1. The second kappa shape index (κ2) is 4.09. The number of carbonyl (C=O) groups excluding carboxylic acids is 1. The first-order chi connectivity index (χ1) is 8.43. The van der Waals surface area contributed by atoms with E-state index in [1.54, 1.807) is 11.8 Å². The van der Waals surface area contributed by atoms with Gasteiger partial charge in [-0.15, -0.1) is 0 Å². The van der Waals surface area contributed by atoms with E-state index in [0.717, 1.165) is 17.4 Å². The van der Waals surface area contributed by atoms with E-state index in [4.69, 9.17) is 0 Å². The van der Waals surface area contributed by atoms with E-state index < -0.39 is 0 Å². The van der Waals surface area contributed by atoms with Gasteiger partial charge in [-0.3, -0.25) is 4.79 Å². The Labute approximate surface area is 114 Å². The molecular weight excluding hydrogens is 242 g/mol. The lowest BCUT2D eigenvalue weighted by molar-refractivity contribution is -0.120. The van der Waals surface area contributed by atoms with Crippen LogP contribution in [0.2, 0.25) is 0 Å². The van der Waals surface area contributed by atoms with E-state index >= 15 is 0 Å². The monoisotopic (exact) mass is 265 g/mol. The van der Waals surface area contributed by atoms with Gasteiger partial charge in [0.05, 0.1) is 5.04 Å². The Morgan fingerprint density at radius 1 is 1.39 bits per heavy atom. The first-order valence-corrected chi connectivity index (χ1v) is 8.06. The molecule has 1 heterocycles. The van der Waals surface area contributed by atoms with Gasteiger partial charge in [0.1, 0.15) is 4.75 Å². The number of amides is 1. The average molecular weight is 265 g/mol. The lowest BCUT2D eigenvalue weighted by Crippen LogP contribution is -2.33. The van der Waals surface area contributed by atoms with Crippen molar-refractivity contribution in [2.75, 3.05) is 0 Å². The summed E-state index contributed by atoms with van der Waals surface area (Å²) in [5.74, 6) is 1.43. The molecule has 0 aromatic heterocycles. The Morgan fingerprint density at radius 3 is 2.50 bits per heavy atom. The normalized spacial score (nSPS) is 43.0. The molecule has 3 aliphatic rings. The summed E-state index contributed by atoms with van der Waals surface area (Å²) in [4.78, 5) is 16.5. The second-order valence-corrected chi connectivity index (χ2v) is 8.52. The predicted octanol–water partition coefficient (Wildman–Crippen LogP) is 4.04. The van der Waals surface area contributed by atoms with E-state index in [1.165, 1.54) is 32.1 Å². The Bertz CT molecular complexity index is 407. The minimum atomic E-state index is -0.303. The van der Waals surface area contributed by atoms with Gasteiger partial charge >= 0.3 is 0 Å². The summed E-state index contributed by atoms with van der Waals surface area (Å²) in [6.07, 6.45) is 8.01. The van der Waals surface area contributed by atoms with Crippen LogP contribution in [0.1, 0.15) is 59.3 Å². The van der Waals surface area contributed by atoms with Crippen molar-refractivity contribution in [1.82, 2.24) is 0 Å². The molecule has 2 saturated carbocycles. The molecule has 2 fully saturated rings. The summed E-state index contributed by atoms with van der Waals surface area (Å²) >= 11 is 1.75. The summed E-state index contributed by atoms with van der Waals surface area (Å²) in [6.45, 7) is 6.32. The summed E-state index contributed by atoms with van der Waals surface area (Å²) in [5.41, 5.74) is 0.513. The van der Waals surface area contributed by atoms with Crippen molar-refractivity contribution in [3.63, 3.8) is 0 Å². The number of hydrogen-bond donors (Lipinski definition) is 0. The van der Waals surface area contributed by atoms with Gasteiger partial charge in [0.2, 0.25) is 0 Å². The molecule has 2 aliphatic carbocycles. The zero-order valence-corrected chi connectivity index (χ0v) is 12.5. The minimum Gasteiger partial charge on any atom is -0.271 e. The van der Waals surface area contributed by atoms with Crippen molar-refractivity contribution in [3.05, 3.63) is 0 Å². The van der Waals surface area contributed by atoms with Crippen LogP contribution in [0.3, 0.4) is 0 Å². The number of nitrogens with zero attached hydrogens (tertiary/aromatic N) is 1. The highest BCUT2D eigenvalue weighted by molar-refractivity contribution is 8.16. The molecule has 2 nitrogen and oxygen atoms in total. The quantitative estimate of drug-likeness (QED) is 0.770. The van der Waals surface area contributed by atoms with Crippen LogP contribution < -0.4 is 0 Å². The fourth-order valence-corrected chi connectivity index (χ4v) is 5.22. The summed E-state index contributed by atoms with van der Waals surface area (Å²) in [5, 5.41) is 1.12. The van der Waals surface area contributed by atoms with Gasteiger partial charge in [0.25, 0.3) is 5.91 Å². The summed E-state index contributed by atoms with van der Waals surface area (Å²) in [7, 11) is 0. The average Bonchev–Trinajstić information content (AvgIpc) is 2.94. The van der Waals surface area contributed by atoms with Crippen LogP contribution in [0, 0.1) is 17.3 Å². The molecule has 3 heteroatoms. The second-order valence-electron chi connectivity index (χ2n) is 7.00. The molecule has 1 amide bonds. The van der Waals surface area contributed by atoms with E-state index in [9.17, 15) is 4.79 Å². The fourth-order valence-electron chi connectivity index (χ4n) is 3.86. The van der Waals surface area contributed by atoms with Gasteiger partial charge in [0.15, 0.2) is 0 Å². The van der Waals surface area contributed by atoms with Gasteiger partial charge in [-0.1, -0.05) is 25.6 Å². The fraction of sp³-hybridized carbons (Fsp3) is 0.867. The van der Waals surface area contributed by atoms with Gasteiger partial charge in [0, 0.05) is 6.42 Å². The van der Waals surface area contributed by atoms with Crippen LogP contribution >= 0.6 is 11.8 Å². The Morgan fingerprint density at radius 2 is 2.06 bits per heavy atom. The number of carbonyl (C=O) groups is 1. The van der Waals surface area contributed by atoms with E-state index in [0.29, 0.717) is 11.3 Å². The SMILES string of the molecule is CC(C)[C@]1(C)SC(CC23CCC(CC2)C3)=NC1=O. The lowest BCUT2D eigenvalue weighted by atomic mass is 9.81. The Balaban J connectivity index is 1.72. The molecule has 18 heavy (non-hydrogen) atoms. The van der Waals surface area contributed by atoms with Crippen molar-refractivity contribution >= 4 is 22.7 Å². The summed E-state index contributed by atoms with van der Waals surface area (Å²) < 4.78 is -0.303. The number of rotatable bonds is 3. The van der Waals surface area contributed by atoms with E-state index in [-0.39, 0.29) is 10.7 Å². The molecule has 0 unspecified atom stereocenters. The zero-order valence-electron chi connectivity index (χ0n) is 11.7. The standard InChI is InChI=1S/C15H23NOS/c1-10(2)14(3)13(17)16-12(18-14)9-15-6-4-11(8-15)5-7-15/h10-11H,4-9H2,1-3H3/t11?,14-,15?/m0/s1. The van der Waals surface area contributed by atoms with Crippen molar-refractivity contribution in [1.29, 1.82) is 0 Å². The van der Waals surface area contributed by atoms with Crippen LogP contribution in [0.5, 0.6) is 0 Å². The molecule has 2 bridgehead atoms. The first kappa shape index (κ1) is 12.7. The number of aliphatic imine (C=N–C) groups is 1. The predicted molar refractivity (Wildman–Crippen MR) is 76.9 cm³/mol. The van der Waals surface area contributed by atoms with Gasteiger partial charge in [-0.05, 0) is 56.3 Å². The molecule has 0 N–H and O–H groups in total. The van der Waals surface area contributed by atoms with Crippen LogP contribution in [-0.4, -0.2) is 15.7 Å². The third-order valence-electron chi connectivity index (χ3n) is 5.50. The van der Waals surface area contributed by atoms with Crippen molar-refractivity contribution < 1.29 is 4.79 Å². The van der Waals surface area contributed by atoms with Crippen LogP contribution in [0.15, 0.2) is 4.99 Å². The maximum Gasteiger partial charge on any atom is 0.263 e. The molecular formula is C15H23NOS. The van der Waals surface area contributed by atoms with Gasteiger partial charge < -0.3 is 0 Å². The highest BCUT2D eigenvalue weighted by Crippen LogP contribution is 2.57. The molecule has 1 atom stereocenters. The van der Waals surface area contributed by atoms with Crippen LogP contribution in [0.4, 0.5) is 0 Å². The molecule has 0 spiro atoms. The first-order valence-electron chi connectivity index (χ1n) is 7.25.